The Morgan fingerprint density at radius 2 is 1.94 bits per heavy atom. The van der Waals surface area contributed by atoms with Gasteiger partial charge in [0.2, 0.25) is 11.8 Å². The number of nitriles is 1. The molecule has 1 aliphatic heterocycles. The third kappa shape index (κ3) is 2.74. The van der Waals surface area contributed by atoms with Crippen molar-refractivity contribution in [3.63, 3.8) is 0 Å². The smallest absolute Gasteiger partial charge is 0.242 e. The number of hydrogen-bond acceptors (Lipinski definition) is 4. The van der Waals surface area contributed by atoms with E-state index in [2.05, 4.69) is 5.32 Å². The van der Waals surface area contributed by atoms with Gasteiger partial charge in [0.15, 0.2) is 0 Å². The molecule has 0 radical (unpaired) electrons. The summed E-state index contributed by atoms with van der Waals surface area (Å²) in [6, 6.07) is 2.03. The van der Waals surface area contributed by atoms with Crippen molar-refractivity contribution in [2.24, 2.45) is 11.1 Å². The lowest BCUT2D eigenvalue weighted by Crippen LogP contribution is -2.57. The van der Waals surface area contributed by atoms with Crippen molar-refractivity contribution in [1.82, 2.24) is 5.32 Å². The largest absolute Gasteiger partial charge is 0.381 e. The molecular weight excluding hydrogens is 222 g/mol. The predicted molar refractivity (Wildman–Crippen MR) is 59.5 cm³/mol. The molecule has 0 atom stereocenters. The minimum Gasteiger partial charge on any atom is -0.381 e. The molecule has 0 unspecified atom stereocenters. The van der Waals surface area contributed by atoms with Crippen molar-refractivity contribution in [1.29, 1.82) is 5.26 Å². The number of ether oxygens (including phenoxy) is 1. The highest BCUT2D eigenvalue weighted by Crippen LogP contribution is 2.30. The lowest BCUT2D eigenvalue weighted by molar-refractivity contribution is -0.137. The highest BCUT2D eigenvalue weighted by molar-refractivity contribution is 5.93. The molecule has 1 fully saturated rings. The molecule has 6 heteroatoms. The van der Waals surface area contributed by atoms with Crippen LogP contribution >= 0.6 is 0 Å². The first kappa shape index (κ1) is 13.5. The molecule has 0 aromatic heterocycles. The second kappa shape index (κ2) is 4.72. The number of nitrogens with zero attached hydrogens (tertiary/aromatic N) is 1. The third-order valence-electron chi connectivity index (χ3n) is 3.04. The normalized spacial score (nSPS) is 19.1. The zero-order valence-electron chi connectivity index (χ0n) is 10.1. The topological polar surface area (TPSA) is 105 Å². The SMILES string of the molecule is CC(C)(NC(=O)C1(C#N)CCOCC1)C(N)=O. The van der Waals surface area contributed by atoms with Gasteiger partial charge >= 0.3 is 0 Å². The van der Waals surface area contributed by atoms with Gasteiger partial charge in [-0.1, -0.05) is 0 Å². The number of rotatable bonds is 3. The van der Waals surface area contributed by atoms with Crippen LogP contribution in [0.4, 0.5) is 0 Å². The Morgan fingerprint density at radius 3 is 2.35 bits per heavy atom. The highest BCUT2D eigenvalue weighted by atomic mass is 16.5. The van der Waals surface area contributed by atoms with E-state index in [9.17, 15) is 9.59 Å². The van der Waals surface area contributed by atoms with Crippen molar-refractivity contribution in [3.05, 3.63) is 0 Å². The lowest BCUT2D eigenvalue weighted by atomic mass is 9.80. The summed E-state index contributed by atoms with van der Waals surface area (Å²) in [5.41, 5.74) is 2.91. The molecular formula is C11H17N3O3. The van der Waals surface area contributed by atoms with E-state index >= 15 is 0 Å². The fraction of sp³-hybridized carbons (Fsp3) is 0.727. The van der Waals surface area contributed by atoms with E-state index < -0.39 is 22.8 Å². The van der Waals surface area contributed by atoms with Crippen LogP contribution in [0.5, 0.6) is 0 Å². The highest BCUT2D eigenvalue weighted by Gasteiger charge is 2.43. The first-order valence-corrected chi connectivity index (χ1v) is 5.45. The predicted octanol–water partition coefficient (Wildman–Crippen LogP) is -0.313. The molecule has 0 bridgehead atoms. The lowest BCUT2D eigenvalue weighted by Gasteiger charge is -2.32. The molecule has 1 heterocycles. The maximum absolute atomic E-state index is 12.1. The monoisotopic (exact) mass is 239 g/mol. The third-order valence-corrected chi connectivity index (χ3v) is 3.04. The van der Waals surface area contributed by atoms with Crippen LogP contribution in [0.3, 0.4) is 0 Å². The van der Waals surface area contributed by atoms with E-state index in [1.165, 1.54) is 13.8 Å². The van der Waals surface area contributed by atoms with Gasteiger partial charge in [0.25, 0.3) is 0 Å². The summed E-state index contributed by atoms with van der Waals surface area (Å²) in [6.45, 7) is 3.77. The number of primary amides is 1. The molecule has 94 valence electrons. The van der Waals surface area contributed by atoms with Gasteiger partial charge in [-0.2, -0.15) is 5.26 Å². The van der Waals surface area contributed by atoms with Gasteiger partial charge in [-0.3, -0.25) is 9.59 Å². The second-order valence-corrected chi connectivity index (χ2v) is 4.75. The Morgan fingerprint density at radius 1 is 1.41 bits per heavy atom. The van der Waals surface area contributed by atoms with E-state index in [-0.39, 0.29) is 0 Å². The summed E-state index contributed by atoms with van der Waals surface area (Å²) in [4.78, 5) is 23.2. The van der Waals surface area contributed by atoms with E-state index in [1.54, 1.807) is 0 Å². The first-order chi connectivity index (χ1) is 7.84. The maximum atomic E-state index is 12.1. The molecule has 0 aliphatic carbocycles. The number of nitrogens with one attached hydrogen (secondary N) is 1. The summed E-state index contributed by atoms with van der Waals surface area (Å²) in [5.74, 6) is -1.09. The number of carbonyl (C=O) groups is 2. The molecule has 1 saturated heterocycles. The Bertz CT molecular complexity index is 365. The van der Waals surface area contributed by atoms with Gasteiger partial charge in [-0.15, -0.1) is 0 Å². The maximum Gasteiger partial charge on any atom is 0.242 e. The average molecular weight is 239 g/mol. The van der Waals surface area contributed by atoms with Gasteiger partial charge in [-0.25, -0.2) is 0 Å². The van der Waals surface area contributed by atoms with Crippen molar-refractivity contribution in [2.45, 2.75) is 32.2 Å². The molecule has 0 saturated carbocycles. The van der Waals surface area contributed by atoms with Gasteiger partial charge in [-0.05, 0) is 26.7 Å². The van der Waals surface area contributed by atoms with Crippen LogP contribution < -0.4 is 11.1 Å². The van der Waals surface area contributed by atoms with Crippen LogP contribution in [-0.2, 0) is 14.3 Å². The van der Waals surface area contributed by atoms with Crippen molar-refractivity contribution in [3.8, 4) is 6.07 Å². The van der Waals surface area contributed by atoms with Gasteiger partial charge in [0.1, 0.15) is 11.0 Å². The molecule has 6 nitrogen and oxygen atoms in total. The summed E-state index contributed by atoms with van der Waals surface area (Å²) in [7, 11) is 0. The van der Waals surface area contributed by atoms with Gasteiger partial charge in [0, 0.05) is 13.2 Å². The number of nitrogens with two attached hydrogens (primary N) is 1. The van der Waals surface area contributed by atoms with Gasteiger partial charge < -0.3 is 15.8 Å². The second-order valence-electron chi connectivity index (χ2n) is 4.75. The average Bonchev–Trinajstić information content (AvgIpc) is 2.29. The number of carbonyl (C=O) groups excluding carboxylic acids is 2. The molecule has 2 amide bonds. The molecule has 17 heavy (non-hydrogen) atoms. The molecule has 3 N–H and O–H groups in total. The minimum absolute atomic E-state index is 0.337. The van der Waals surface area contributed by atoms with Crippen LogP contribution in [0.25, 0.3) is 0 Å². The zero-order chi connectivity index (χ0) is 13.1. The van der Waals surface area contributed by atoms with Crippen LogP contribution in [-0.4, -0.2) is 30.6 Å². The van der Waals surface area contributed by atoms with Crippen molar-refractivity contribution >= 4 is 11.8 Å². The van der Waals surface area contributed by atoms with Gasteiger partial charge in [0.05, 0.1) is 6.07 Å². The molecule has 0 aromatic carbocycles. The van der Waals surface area contributed by atoms with Crippen LogP contribution in [0.15, 0.2) is 0 Å². The summed E-state index contributed by atoms with van der Waals surface area (Å²) in [5, 5.41) is 11.7. The summed E-state index contributed by atoms with van der Waals surface area (Å²) < 4.78 is 5.13. The Balaban J connectivity index is 2.81. The van der Waals surface area contributed by atoms with E-state index in [0.29, 0.717) is 26.1 Å². The quantitative estimate of drug-likeness (QED) is 0.704. The Labute approximate surface area is 100 Å². The van der Waals surface area contributed by atoms with Crippen LogP contribution in [0, 0.1) is 16.7 Å². The summed E-state index contributed by atoms with van der Waals surface area (Å²) >= 11 is 0. The summed E-state index contributed by atoms with van der Waals surface area (Å²) in [6.07, 6.45) is 0.675. The Hall–Kier alpha value is -1.61. The minimum atomic E-state index is -1.15. The van der Waals surface area contributed by atoms with Crippen LogP contribution in [0.1, 0.15) is 26.7 Å². The number of hydrogen-bond donors (Lipinski definition) is 2. The van der Waals surface area contributed by atoms with Crippen molar-refractivity contribution in [2.75, 3.05) is 13.2 Å². The fourth-order valence-electron chi connectivity index (χ4n) is 1.57. The zero-order valence-corrected chi connectivity index (χ0v) is 10.1. The van der Waals surface area contributed by atoms with Crippen molar-refractivity contribution < 1.29 is 14.3 Å². The van der Waals surface area contributed by atoms with E-state index in [1.807, 2.05) is 6.07 Å². The Kier molecular flexibility index (Phi) is 3.73. The molecule has 1 aliphatic rings. The molecule has 1 rings (SSSR count). The molecule has 0 spiro atoms. The van der Waals surface area contributed by atoms with Crippen LogP contribution in [0.2, 0.25) is 0 Å². The molecule has 0 aromatic rings. The van der Waals surface area contributed by atoms with E-state index in [4.69, 9.17) is 15.7 Å². The van der Waals surface area contributed by atoms with E-state index in [0.717, 1.165) is 0 Å². The standard InChI is InChI=1S/C11H17N3O3/c1-10(2,8(13)15)14-9(16)11(7-12)3-5-17-6-4-11/h3-6H2,1-2H3,(H2,13,15)(H,14,16). The first-order valence-electron chi connectivity index (χ1n) is 5.45. The fourth-order valence-corrected chi connectivity index (χ4v) is 1.57. The number of amides is 2.